The third-order valence-electron chi connectivity index (χ3n) is 2.95. The molecule has 1 aliphatic heterocycles. The van der Waals surface area contributed by atoms with Crippen molar-refractivity contribution >= 4 is 31.4 Å². The van der Waals surface area contributed by atoms with Gasteiger partial charge in [0.05, 0.1) is 5.69 Å². The van der Waals surface area contributed by atoms with Gasteiger partial charge < -0.3 is 5.73 Å². The zero-order chi connectivity index (χ0) is 14.5. The minimum atomic E-state index is -4.12. The van der Waals surface area contributed by atoms with Crippen molar-refractivity contribution in [3.63, 3.8) is 0 Å². The van der Waals surface area contributed by atoms with E-state index in [2.05, 4.69) is 0 Å². The maximum absolute atomic E-state index is 12.4. The van der Waals surface area contributed by atoms with Crippen LogP contribution in [0.2, 0.25) is 0 Å². The Labute approximate surface area is 116 Å². The number of fused-ring (bicyclic) bond motifs is 1. The van der Waals surface area contributed by atoms with Crippen LogP contribution in [0.25, 0.3) is 0 Å². The van der Waals surface area contributed by atoms with Crippen LogP contribution < -0.4 is 9.44 Å². The second kappa shape index (κ2) is 3.97. The molecule has 3 rings (SSSR count). The summed E-state index contributed by atoms with van der Waals surface area (Å²) in [6, 6.07) is 11.1. The van der Waals surface area contributed by atoms with Gasteiger partial charge in [0.25, 0.3) is 20.0 Å². The Balaban J connectivity index is 2.32. The summed E-state index contributed by atoms with van der Waals surface area (Å²) in [4.78, 5) is -0.423. The van der Waals surface area contributed by atoms with Gasteiger partial charge in [-0.25, -0.2) is 0 Å². The van der Waals surface area contributed by atoms with Gasteiger partial charge >= 0.3 is 0 Å². The molecule has 0 fully saturated rings. The summed E-state index contributed by atoms with van der Waals surface area (Å²) in [5, 5.41) is 0. The Morgan fingerprint density at radius 2 is 1.20 bits per heavy atom. The average molecular weight is 310 g/mol. The lowest BCUT2D eigenvalue weighted by Gasteiger charge is -2.15. The van der Waals surface area contributed by atoms with Crippen LogP contribution in [-0.4, -0.2) is 16.8 Å². The molecule has 104 valence electrons. The minimum Gasteiger partial charge on any atom is -0.399 e. The lowest BCUT2D eigenvalue weighted by Crippen LogP contribution is -2.29. The Morgan fingerprint density at radius 1 is 0.750 bits per heavy atom. The SMILES string of the molecule is Nc1ccc(N2S(=O)(=O)c3ccccc3S2(=O)=O)cc1. The van der Waals surface area contributed by atoms with Gasteiger partial charge in [-0.2, -0.15) is 20.5 Å². The molecule has 0 spiro atoms. The number of benzene rings is 2. The Bertz CT molecular complexity index is 834. The van der Waals surface area contributed by atoms with Crippen molar-refractivity contribution in [3.8, 4) is 0 Å². The van der Waals surface area contributed by atoms with Gasteiger partial charge in [-0.05, 0) is 36.4 Å². The van der Waals surface area contributed by atoms with Gasteiger partial charge in [0, 0.05) is 5.69 Å². The Hall–Kier alpha value is -2.06. The number of nitrogens with zero attached hydrogens (tertiary/aromatic N) is 1. The number of nitrogens with two attached hydrogens (primary N) is 1. The summed E-state index contributed by atoms with van der Waals surface area (Å²) in [6.07, 6.45) is 0. The average Bonchev–Trinajstić information content (AvgIpc) is 2.56. The number of rotatable bonds is 1. The topological polar surface area (TPSA) is 97.5 Å². The van der Waals surface area contributed by atoms with E-state index in [4.69, 9.17) is 5.73 Å². The summed E-state index contributed by atoms with van der Waals surface area (Å²) in [7, 11) is -8.23. The largest absolute Gasteiger partial charge is 0.399 e. The molecule has 20 heavy (non-hydrogen) atoms. The number of anilines is 2. The molecule has 8 heteroatoms. The molecule has 0 saturated heterocycles. The molecule has 2 N–H and O–H groups in total. The summed E-state index contributed by atoms with van der Waals surface area (Å²) >= 11 is 0. The monoisotopic (exact) mass is 310 g/mol. The highest BCUT2D eigenvalue weighted by Crippen LogP contribution is 2.39. The molecule has 0 amide bonds. The van der Waals surface area contributed by atoms with E-state index in [0.717, 1.165) is 0 Å². The van der Waals surface area contributed by atoms with Crippen LogP contribution in [-0.2, 0) is 20.0 Å². The predicted molar refractivity (Wildman–Crippen MR) is 74.1 cm³/mol. The molecule has 0 aliphatic carbocycles. The van der Waals surface area contributed by atoms with Crippen LogP contribution in [0.5, 0.6) is 0 Å². The quantitative estimate of drug-likeness (QED) is 0.797. The highest BCUT2D eigenvalue weighted by molar-refractivity contribution is 8.12. The summed E-state index contributed by atoms with van der Waals surface area (Å²) in [5.41, 5.74) is 5.98. The van der Waals surface area contributed by atoms with Crippen molar-refractivity contribution in [2.45, 2.75) is 9.79 Å². The minimum absolute atomic E-state index is 0.0374. The van der Waals surface area contributed by atoms with Crippen LogP contribution >= 0.6 is 0 Å². The van der Waals surface area contributed by atoms with Crippen molar-refractivity contribution < 1.29 is 16.8 Å². The first-order valence-electron chi connectivity index (χ1n) is 5.60. The summed E-state index contributed by atoms with van der Waals surface area (Å²) in [6.45, 7) is 0. The molecule has 2 aromatic rings. The van der Waals surface area contributed by atoms with Gasteiger partial charge in [0.15, 0.2) is 0 Å². The standard InChI is InChI=1S/C12H10N2O4S2/c13-9-5-7-10(8-6-9)14-19(15,16)11-3-1-2-4-12(11)20(14,17)18/h1-8H,13H2. The van der Waals surface area contributed by atoms with Crippen molar-refractivity contribution in [1.82, 2.24) is 0 Å². The fourth-order valence-corrected chi connectivity index (χ4v) is 6.51. The highest BCUT2D eigenvalue weighted by Gasteiger charge is 2.46. The van der Waals surface area contributed by atoms with Gasteiger partial charge in [-0.3, -0.25) is 0 Å². The lowest BCUT2D eigenvalue weighted by molar-refractivity contribution is 0.593. The van der Waals surface area contributed by atoms with Gasteiger partial charge in [-0.15, -0.1) is 0 Å². The van der Waals surface area contributed by atoms with Crippen molar-refractivity contribution in [2.24, 2.45) is 0 Å². The number of sulfonamides is 2. The predicted octanol–water partition coefficient (Wildman–Crippen LogP) is 1.17. The molecule has 0 unspecified atom stereocenters. The number of nitrogen functional groups attached to an aromatic ring is 1. The maximum atomic E-state index is 12.4. The first kappa shape index (κ1) is 12.9. The molecular formula is C12H10N2O4S2. The van der Waals surface area contributed by atoms with Crippen molar-refractivity contribution in [3.05, 3.63) is 48.5 Å². The third kappa shape index (κ3) is 1.61. The first-order valence-corrected chi connectivity index (χ1v) is 8.48. The van der Waals surface area contributed by atoms with Crippen LogP contribution in [0.15, 0.2) is 58.3 Å². The molecule has 1 aliphatic rings. The summed E-state index contributed by atoms with van der Waals surface area (Å²) < 4.78 is 50.0. The van der Waals surface area contributed by atoms with Crippen molar-refractivity contribution in [2.75, 3.05) is 9.44 Å². The molecular weight excluding hydrogens is 300 g/mol. The highest BCUT2D eigenvalue weighted by atomic mass is 32.3. The summed E-state index contributed by atoms with van der Waals surface area (Å²) in [5.74, 6) is 0. The zero-order valence-corrected chi connectivity index (χ0v) is 11.7. The van der Waals surface area contributed by atoms with E-state index in [1.807, 2.05) is 0 Å². The van der Waals surface area contributed by atoms with E-state index in [0.29, 0.717) is 9.40 Å². The van der Waals surface area contributed by atoms with Crippen LogP contribution in [0.3, 0.4) is 0 Å². The maximum Gasteiger partial charge on any atom is 0.279 e. The molecule has 0 radical (unpaired) electrons. The van der Waals surface area contributed by atoms with Gasteiger partial charge in [0.1, 0.15) is 9.79 Å². The van der Waals surface area contributed by atoms with E-state index < -0.39 is 20.0 Å². The fourth-order valence-electron chi connectivity index (χ4n) is 2.06. The Kier molecular flexibility index (Phi) is 2.57. The molecule has 0 aromatic heterocycles. The van der Waals surface area contributed by atoms with E-state index in [1.54, 1.807) is 0 Å². The van der Waals surface area contributed by atoms with Crippen LogP contribution in [0.4, 0.5) is 11.4 Å². The van der Waals surface area contributed by atoms with Gasteiger partial charge in [-0.1, -0.05) is 12.1 Å². The smallest absolute Gasteiger partial charge is 0.279 e. The second-order valence-electron chi connectivity index (χ2n) is 4.25. The molecule has 6 nitrogen and oxygen atoms in total. The normalized spacial score (nSPS) is 18.7. The number of hydrogen-bond donors (Lipinski definition) is 1. The Morgan fingerprint density at radius 3 is 1.65 bits per heavy atom. The zero-order valence-electron chi connectivity index (χ0n) is 10.1. The number of hydrogen-bond acceptors (Lipinski definition) is 5. The molecule has 0 atom stereocenters. The van der Waals surface area contributed by atoms with E-state index in [-0.39, 0.29) is 15.5 Å². The van der Waals surface area contributed by atoms with Crippen LogP contribution in [0, 0.1) is 0 Å². The van der Waals surface area contributed by atoms with E-state index in [1.165, 1.54) is 48.5 Å². The second-order valence-corrected chi connectivity index (χ2v) is 7.99. The van der Waals surface area contributed by atoms with Gasteiger partial charge in [0.2, 0.25) is 0 Å². The molecule has 0 saturated carbocycles. The van der Waals surface area contributed by atoms with E-state index >= 15 is 0 Å². The van der Waals surface area contributed by atoms with Crippen LogP contribution in [0.1, 0.15) is 0 Å². The first-order chi connectivity index (χ1) is 9.35. The molecule has 2 aromatic carbocycles. The lowest BCUT2D eigenvalue weighted by atomic mass is 10.3. The molecule has 1 heterocycles. The van der Waals surface area contributed by atoms with Crippen molar-refractivity contribution in [1.29, 1.82) is 0 Å². The third-order valence-corrected chi connectivity index (χ3v) is 7.37. The molecule has 0 bridgehead atoms. The van der Waals surface area contributed by atoms with E-state index in [9.17, 15) is 16.8 Å². The fraction of sp³-hybridized carbons (Fsp3) is 0.